The Morgan fingerprint density at radius 1 is 0.875 bits per heavy atom. The Morgan fingerprint density at radius 3 is 2.41 bits per heavy atom. The summed E-state index contributed by atoms with van der Waals surface area (Å²) in [6, 6.07) is 25.1. The molecule has 0 atom stereocenters. The summed E-state index contributed by atoms with van der Waals surface area (Å²) in [7, 11) is 0. The van der Waals surface area contributed by atoms with E-state index >= 15 is 0 Å². The van der Waals surface area contributed by atoms with Gasteiger partial charge in [0.1, 0.15) is 11.5 Å². The third-order valence-corrected chi connectivity index (χ3v) is 6.25. The van der Waals surface area contributed by atoms with Crippen LogP contribution in [-0.4, -0.2) is 41.6 Å². The van der Waals surface area contributed by atoms with E-state index in [0.717, 1.165) is 24.0 Å². The average Bonchev–Trinajstić information content (AvgIpc) is 3.18. The van der Waals surface area contributed by atoms with Crippen molar-refractivity contribution in [2.75, 3.05) is 31.1 Å². The quantitative estimate of drug-likeness (QED) is 0.453. The lowest BCUT2D eigenvalue weighted by Gasteiger charge is -2.36. The topological polar surface area (TPSA) is 28.5 Å². The van der Waals surface area contributed by atoms with Crippen molar-refractivity contribution in [3.8, 4) is 0 Å². The van der Waals surface area contributed by atoms with Gasteiger partial charge in [-0.1, -0.05) is 48.5 Å². The lowest BCUT2D eigenvalue weighted by Crippen LogP contribution is -2.49. The van der Waals surface area contributed by atoms with Gasteiger partial charge in [-0.05, 0) is 42.8 Å². The maximum absolute atomic E-state index is 14.4. The predicted molar refractivity (Wildman–Crippen MR) is 127 cm³/mol. The number of carbonyl (C=O) groups excluding carboxylic acids is 1. The van der Waals surface area contributed by atoms with Crippen LogP contribution in [0.15, 0.2) is 78.9 Å². The lowest BCUT2D eigenvalue weighted by molar-refractivity contribution is 0.0737. The largest absolute Gasteiger partial charge is 0.368 e. The third-order valence-electron chi connectivity index (χ3n) is 6.25. The number of carbonyl (C=O) groups is 1. The van der Waals surface area contributed by atoms with Crippen molar-refractivity contribution < 1.29 is 9.18 Å². The van der Waals surface area contributed by atoms with Crippen molar-refractivity contribution in [1.29, 1.82) is 0 Å². The fourth-order valence-electron chi connectivity index (χ4n) is 4.51. The summed E-state index contributed by atoms with van der Waals surface area (Å²) in [5, 5.41) is 0.991. The number of hydrogen-bond acceptors (Lipinski definition) is 2. The molecule has 0 unspecified atom stereocenters. The highest BCUT2D eigenvalue weighted by molar-refractivity contribution is 5.99. The van der Waals surface area contributed by atoms with Gasteiger partial charge >= 0.3 is 0 Å². The molecule has 4 nitrogen and oxygen atoms in total. The summed E-state index contributed by atoms with van der Waals surface area (Å²) in [5.41, 5.74) is 4.56. The Hall–Kier alpha value is -3.60. The molecule has 1 amide bonds. The van der Waals surface area contributed by atoms with Gasteiger partial charge in [-0.25, -0.2) is 4.39 Å². The molecule has 32 heavy (non-hydrogen) atoms. The van der Waals surface area contributed by atoms with Crippen molar-refractivity contribution in [1.82, 2.24) is 9.47 Å². The number of para-hydroxylation sites is 1. The summed E-state index contributed by atoms with van der Waals surface area (Å²) < 4.78 is 16.3. The Balaban J connectivity index is 1.41. The zero-order chi connectivity index (χ0) is 22.1. The van der Waals surface area contributed by atoms with Gasteiger partial charge in [0.15, 0.2) is 0 Å². The molecule has 1 aromatic heterocycles. The van der Waals surface area contributed by atoms with E-state index in [-0.39, 0.29) is 11.7 Å². The highest BCUT2D eigenvalue weighted by Gasteiger charge is 2.26. The second kappa shape index (κ2) is 8.50. The molecule has 0 saturated carbocycles. The second-order valence-electron chi connectivity index (χ2n) is 8.38. The zero-order valence-corrected chi connectivity index (χ0v) is 18.2. The molecule has 1 fully saturated rings. The van der Waals surface area contributed by atoms with Gasteiger partial charge in [0.25, 0.3) is 5.91 Å². The molecule has 5 rings (SSSR count). The van der Waals surface area contributed by atoms with Gasteiger partial charge < -0.3 is 14.4 Å². The fraction of sp³-hybridized carbons (Fsp3) is 0.222. The maximum atomic E-state index is 14.4. The molecular weight excluding hydrogens is 401 g/mol. The molecule has 1 aliphatic rings. The minimum Gasteiger partial charge on any atom is -0.368 e. The first kappa shape index (κ1) is 20.3. The van der Waals surface area contributed by atoms with E-state index in [0.29, 0.717) is 30.9 Å². The third kappa shape index (κ3) is 3.86. The second-order valence-corrected chi connectivity index (χ2v) is 8.38. The summed E-state index contributed by atoms with van der Waals surface area (Å²) in [6.07, 6.45) is 0. The van der Waals surface area contributed by atoms with Crippen molar-refractivity contribution >= 4 is 22.5 Å². The highest BCUT2D eigenvalue weighted by atomic mass is 19.1. The van der Waals surface area contributed by atoms with Crippen molar-refractivity contribution in [3.05, 3.63) is 102 Å². The van der Waals surface area contributed by atoms with E-state index < -0.39 is 0 Å². The van der Waals surface area contributed by atoms with Crippen LogP contribution in [0, 0.1) is 12.7 Å². The summed E-state index contributed by atoms with van der Waals surface area (Å²) in [5.74, 6) is -0.253. The Kier molecular flexibility index (Phi) is 5.39. The molecule has 1 saturated heterocycles. The van der Waals surface area contributed by atoms with Gasteiger partial charge in [-0.2, -0.15) is 0 Å². The van der Waals surface area contributed by atoms with E-state index in [4.69, 9.17) is 0 Å². The molecule has 2 heterocycles. The van der Waals surface area contributed by atoms with Gasteiger partial charge in [0, 0.05) is 48.3 Å². The van der Waals surface area contributed by atoms with Gasteiger partial charge in [-0.15, -0.1) is 0 Å². The van der Waals surface area contributed by atoms with Crippen molar-refractivity contribution in [2.24, 2.45) is 0 Å². The molecule has 0 radical (unpaired) electrons. The smallest absolute Gasteiger partial charge is 0.270 e. The minimum absolute atomic E-state index is 0.00133. The SMILES string of the molecule is Cc1cccc(N2CCN(C(=O)c3cc4ccccc4n3Cc3ccccc3F)CC2)c1. The number of aryl methyl sites for hydroxylation is 1. The molecule has 1 aliphatic heterocycles. The molecule has 0 bridgehead atoms. The summed E-state index contributed by atoms with van der Waals surface area (Å²) in [4.78, 5) is 17.8. The normalized spacial score (nSPS) is 14.2. The predicted octanol–water partition coefficient (Wildman–Crippen LogP) is 5.10. The number of fused-ring (bicyclic) bond motifs is 1. The number of hydrogen-bond donors (Lipinski definition) is 0. The maximum Gasteiger partial charge on any atom is 0.270 e. The van der Waals surface area contributed by atoms with Gasteiger partial charge in [-0.3, -0.25) is 4.79 Å². The van der Waals surface area contributed by atoms with Gasteiger partial charge in [0.05, 0.1) is 6.54 Å². The van der Waals surface area contributed by atoms with E-state index in [2.05, 4.69) is 36.1 Å². The number of anilines is 1. The monoisotopic (exact) mass is 427 g/mol. The van der Waals surface area contributed by atoms with Crippen LogP contribution < -0.4 is 4.90 Å². The van der Waals surface area contributed by atoms with Crippen LogP contribution in [0.5, 0.6) is 0 Å². The lowest BCUT2D eigenvalue weighted by atomic mass is 10.2. The summed E-state index contributed by atoms with van der Waals surface area (Å²) in [6.45, 7) is 5.33. The first-order valence-electron chi connectivity index (χ1n) is 11.0. The molecule has 4 aromatic rings. The van der Waals surface area contributed by atoms with Crippen molar-refractivity contribution in [2.45, 2.75) is 13.5 Å². The van der Waals surface area contributed by atoms with Crippen LogP contribution in [0.4, 0.5) is 10.1 Å². The van der Waals surface area contributed by atoms with Crippen LogP contribution in [0.25, 0.3) is 10.9 Å². The molecule has 0 aliphatic carbocycles. The minimum atomic E-state index is -0.254. The van der Waals surface area contributed by atoms with E-state index in [1.807, 2.05) is 45.9 Å². The van der Waals surface area contributed by atoms with E-state index in [1.165, 1.54) is 17.3 Å². The van der Waals surface area contributed by atoms with Crippen LogP contribution in [-0.2, 0) is 6.54 Å². The highest BCUT2D eigenvalue weighted by Crippen LogP contribution is 2.25. The number of halogens is 1. The summed E-state index contributed by atoms with van der Waals surface area (Å²) >= 11 is 0. The number of benzene rings is 3. The number of aromatic nitrogens is 1. The van der Waals surface area contributed by atoms with E-state index in [9.17, 15) is 9.18 Å². The molecule has 5 heteroatoms. The Labute approximate surface area is 187 Å². The van der Waals surface area contributed by atoms with Crippen LogP contribution in [0.3, 0.4) is 0 Å². The Bertz CT molecular complexity index is 1270. The molecule has 0 spiro atoms. The molecule has 3 aromatic carbocycles. The number of nitrogens with zero attached hydrogens (tertiary/aromatic N) is 3. The zero-order valence-electron chi connectivity index (χ0n) is 18.2. The van der Waals surface area contributed by atoms with Crippen LogP contribution in [0.2, 0.25) is 0 Å². The van der Waals surface area contributed by atoms with Crippen molar-refractivity contribution in [3.63, 3.8) is 0 Å². The van der Waals surface area contributed by atoms with Crippen LogP contribution in [0.1, 0.15) is 21.6 Å². The van der Waals surface area contributed by atoms with Gasteiger partial charge in [0.2, 0.25) is 0 Å². The number of rotatable bonds is 4. The first-order valence-corrected chi connectivity index (χ1v) is 11.0. The molecular formula is C27H26FN3O. The standard InChI is InChI=1S/C27H26FN3O/c1-20-7-6-10-23(17-20)29-13-15-30(16-14-29)27(32)26-18-21-8-3-5-12-25(21)31(26)19-22-9-2-4-11-24(22)28/h2-12,17-18H,13-16,19H2,1H3. The van der Waals surface area contributed by atoms with E-state index in [1.54, 1.807) is 12.1 Å². The number of amides is 1. The van der Waals surface area contributed by atoms with Crippen LogP contribution >= 0.6 is 0 Å². The average molecular weight is 428 g/mol. The molecule has 162 valence electrons. The Morgan fingerprint density at radius 2 is 1.62 bits per heavy atom. The number of piperazine rings is 1. The first-order chi connectivity index (χ1) is 15.6. The molecule has 0 N–H and O–H groups in total. The fourth-order valence-corrected chi connectivity index (χ4v) is 4.51.